The summed E-state index contributed by atoms with van der Waals surface area (Å²) < 4.78 is 7.21. The fourth-order valence-electron chi connectivity index (χ4n) is 2.13. The molecule has 1 N–H and O–H groups in total. The quantitative estimate of drug-likeness (QED) is 0.787. The number of rotatable bonds is 5. The largest absolute Gasteiger partial charge is 0.456 e. The topological polar surface area (TPSA) is 60.1 Å². The van der Waals surface area contributed by atoms with E-state index in [1.54, 1.807) is 16.9 Å². The fourth-order valence-corrected chi connectivity index (χ4v) is 2.13. The molecule has 2 heterocycles. The van der Waals surface area contributed by atoms with E-state index in [1.165, 1.54) is 0 Å². The van der Waals surface area contributed by atoms with Crippen LogP contribution in [0.1, 0.15) is 28.8 Å². The van der Waals surface area contributed by atoms with Gasteiger partial charge < -0.3 is 9.73 Å². The third-order valence-corrected chi connectivity index (χ3v) is 3.34. The van der Waals surface area contributed by atoms with Crippen LogP contribution in [0.4, 0.5) is 0 Å². The SMILES string of the molecule is CCc1ccc(C(=O)NCc2cnn(-c3ccccc3)c2)o1. The Balaban J connectivity index is 1.62. The molecule has 0 fully saturated rings. The molecule has 0 atom stereocenters. The van der Waals surface area contributed by atoms with E-state index in [1.807, 2.05) is 49.5 Å². The Morgan fingerprint density at radius 3 is 2.77 bits per heavy atom. The number of carbonyl (C=O) groups is 1. The zero-order valence-corrected chi connectivity index (χ0v) is 12.3. The van der Waals surface area contributed by atoms with E-state index in [2.05, 4.69) is 10.4 Å². The second kappa shape index (κ2) is 6.30. The predicted octanol–water partition coefficient (Wildman–Crippen LogP) is 2.96. The predicted molar refractivity (Wildman–Crippen MR) is 82.8 cm³/mol. The molecule has 5 nitrogen and oxygen atoms in total. The van der Waals surface area contributed by atoms with Crippen LogP contribution in [0.25, 0.3) is 5.69 Å². The third-order valence-electron chi connectivity index (χ3n) is 3.34. The second-order valence-electron chi connectivity index (χ2n) is 4.93. The minimum Gasteiger partial charge on any atom is -0.456 e. The summed E-state index contributed by atoms with van der Waals surface area (Å²) in [6.07, 6.45) is 4.42. The molecule has 5 heteroatoms. The van der Waals surface area contributed by atoms with Crippen LogP contribution in [0.3, 0.4) is 0 Å². The first kappa shape index (κ1) is 14.1. The molecular formula is C17H17N3O2. The van der Waals surface area contributed by atoms with Crippen molar-refractivity contribution >= 4 is 5.91 Å². The molecule has 0 saturated heterocycles. The lowest BCUT2D eigenvalue weighted by molar-refractivity contribution is 0.0921. The second-order valence-corrected chi connectivity index (χ2v) is 4.93. The van der Waals surface area contributed by atoms with Gasteiger partial charge in [0.1, 0.15) is 5.76 Å². The van der Waals surface area contributed by atoms with Crippen LogP contribution in [-0.2, 0) is 13.0 Å². The van der Waals surface area contributed by atoms with Gasteiger partial charge in [-0.2, -0.15) is 5.10 Å². The third kappa shape index (κ3) is 3.09. The molecule has 112 valence electrons. The highest BCUT2D eigenvalue weighted by molar-refractivity contribution is 5.91. The number of para-hydroxylation sites is 1. The average molecular weight is 295 g/mol. The Morgan fingerprint density at radius 1 is 1.23 bits per heavy atom. The van der Waals surface area contributed by atoms with Crippen LogP contribution in [0, 0.1) is 0 Å². The number of furan rings is 1. The highest BCUT2D eigenvalue weighted by Crippen LogP contribution is 2.10. The maximum atomic E-state index is 12.0. The summed E-state index contributed by atoms with van der Waals surface area (Å²) in [5.74, 6) is 0.932. The summed E-state index contributed by atoms with van der Waals surface area (Å²) >= 11 is 0. The van der Waals surface area contributed by atoms with Crippen molar-refractivity contribution in [2.24, 2.45) is 0 Å². The zero-order valence-electron chi connectivity index (χ0n) is 12.3. The standard InChI is InChI=1S/C17H17N3O2/c1-2-15-8-9-16(22-15)17(21)18-10-13-11-19-20(12-13)14-6-4-3-5-7-14/h3-9,11-12H,2,10H2,1H3,(H,18,21). The number of nitrogens with one attached hydrogen (secondary N) is 1. The number of carbonyl (C=O) groups excluding carboxylic acids is 1. The first-order valence-electron chi connectivity index (χ1n) is 7.22. The zero-order chi connectivity index (χ0) is 15.4. The van der Waals surface area contributed by atoms with Gasteiger partial charge in [-0.15, -0.1) is 0 Å². The normalized spacial score (nSPS) is 10.6. The van der Waals surface area contributed by atoms with E-state index in [0.717, 1.165) is 23.4 Å². The average Bonchev–Trinajstić information content (AvgIpc) is 3.22. The molecule has 3 rings (SSSR count). The lowest BCUT2D eigenvalue weighted by atomic mass is 10.3. The van der Waals surface area contributed by atoms with Gasteiger partial charge in [-0.3, -0.25) is 4.79 Å². The molecule has 22 heavy (non-hydrogen) atoms. The van der Waals surface area contributed by atoms with E-state index in [9.17, 15) is 4.79 Å². The number of nitrogens with zero attached hydrogens (tertiary/aromatic N) is 2. The molecule has 0 aliphatic rings. The summed E-state index contributed by atoms with van der Waals surface area (Å²) in [5.41, 5.74) is 1.91. The lowest BCUT2D eigenvalue weighted by Crippen LogP contribution is -2.22. The number of amides is 1. The highest BCUT2D eigenvalue weighted by Gasteiger charge is 2.10. The molecule has 0 saturated carbocycles. The van der Waals surface area contributed by atoms with Crippen molar-refractivity contribution in [2.45, 2.75) is 19.9 Å². The number of aromatic nitrogens is 2. The van der Waals surface area contributed by atoms with Crippen molar-refractivity contribution in [1.29, 1.82) is 0 Å². The maximum absolute atomic E-state index is 12.0. The van der Waals surface area contributed by atoms with Crippen molar-refractivity contribution in [2.75, 3.05) is 0 Å². The van der Waals surface area contributed by atoms with Crippen molar-refractivity contribution in [1.82, 2.24) is 15.1 Å². The van der Waals surface area contributed by atoms with Gasteiger partial charge in [0.05, 0.1) is 11.9 Å². The van der Waals surface area contributed by atoms with Crippen molar-refractivity contribution in [3.05, 3.63) is 71.9 Å². The van der Waals surface area contributed by atoms with Crippen LogP contribution in [0.15, 0.2) is 59.3 Å². The maximum Gasteiger partial charge on any atom is 0.287 e. The highest BCUT2D eigenvalue weighted by atomic mass is 16.3. The van der Waals surface area contributed by atoms with Crippen LogP contribution < -0.4 is 5.32 Å². The van der Waals surface area contributed by atoms with Gasteiger partial charge >= 0.3 is 0 Å². The van der Waals surface area contributed by atoms with Gasteiger partial charge in [0, 0.05) is 24.7 Å². The Kier molecular flexibility index (Phi) is 4.05. The van der Waals surface area contributed by atoms with Gasteiger partial charge in [0.15, 0.2) is 5.76 Å². The first-order chi connectivity index (χ1) is 10.8. The van der Waals surface area contributed by atoms with Crippen LogP contribution in [0.2, 0.25) is 0 Å². The molecular weight excluding hydrogens is 278 g/mol. The Bertz CT molecular complexity index is 759. The minimum absolute atomic E-state index is 0.216. The Labute approximate surface area is 128 Å². The Morgan fingerprint density at radius 2 is 2.05 bits per heavy atom. The van der Waals surface area contributed by atoms with Gasteiger partial charge in [0.25, 0.3) is 5.91 Å². The van der Waals surface area contributed by atoms with Gasteiger partial charge in [-0.25, -0.2) is 4.68 Å². The summed E-state index contributed by atoms with van der Waals surface area (Å²) in [6.45, 7) is 2.40. The monoisotopic (exact) mass is 295 g/mol. The fraction of sp³-hybridized carbons (Fsp3) is 0.176. The Hall–Kier alpha value is -2.82. The summed E-state index contributed by atoms with van der Waals surface area (Å²) in [5, 5.41) is 7.13. The van der Waals surface area contributed by atoms with E-state index >= 15 is 0 Å². The molecule has 3 aromatic rings. The van der Waals surface area contributed by atoms with Crippen molar-refractivity contribution < 1.29 is 9.21 Å². The summed E-state index contributed by atoms with van der Waals surface area (Å²) in [4.78, 5) is 12.0. The lowest BCUT2D eigenvalue weighted by Gasteiger charge is -2.01. The smallest absolute Gasteiger partial charge is 0.287 e. The summed E-state index contributed by atoms with van der Waals surface area (Å²) in [6, 6.07) is 13.3. The number of hydrogen-bond acceptors (Lipinski definition) is 3. The van der Waals surface area contributed by atoms with Crippen LogP contribution >= 0.6 is 0 Å². The molecule has 0 aliphatic carbocycles. The van der Waals surface area contributed by atoms with Crippen molar-refractivity contribution in [3.8, 4) is 5.69 Å². The molecule has 0 aliphatic heterocycles. The van der Waals surface area contributed by atoms with E-state index in [0.29, 0.717) is 12.3 Å². The van der Waals surface area contributed by atoms with Crippen LogP contribution in [0.5, 0.6) is 0 Å². The molecule has 2 aromatic heterocycles. The molecule has 0 bridgehead atoms. The van der Waals surface area contributed by atoms with Crippen molar-refractivity contribution in [3.63, 3.8) is 0 Å². The summed E-state index contributed by atoms with van der Waals surface area (Å²) in [7, 11) is 0. The molecule has 1 aromatic carbocycles. The van der Waals surface area contributed by atoms with Gasteiger partial charge in [0.2, 0.25) is 0 Å². The van der Waals surface area contributed by atoms with Gasteiger partial charge in [-0.05, 0) is 24.3 Å². The van der Waals surface area contributed by atoms with E-state index in [-0.39, 0.29) is 5.91 Å². The number of benzene rings is 1. The first-order valence-corrected chi connectivity index (χ1v) is 7.22. The van der Waals surface area contributed by atoms with Crippen LogP contribution in [-0.4, -0.2) is 15.7 Å². The molecule has 0 radical (unpaired) electrons. The van der Waals surface area contributed by atoms with E-state index in [4.69, 9.17) is 4.42 Å². The van der Waals surface area contributed by atoms with Gasteiger partial charge in [-0.1, -0.05) is 25.1 Å². The minimum atomic E-state index is -0.216. The van der Waals surface area contributed by atoms with E-state index < -0.39 is 0 Å². The molecule has 1 amide bonds. The molecule has 0 spiro atoms. The number of aryl methyl sites for hydroxylation is 1. The molecule has 0 unspecified atom stereocenters. The number of hydrogen-bond donors (Lipinski definition) is 1.